The molecule has 1 aliphatic heterocycles. The van der Waals surface area contributed by atoms with Gasteiger partial charge >= 0.3 is 5.97 Å². The van der Waals surface area contributed by atoms with E-state index in [0.29, 0.717) is 12.2 Å². The molecule has 1 aliphatic rings. The largest absolute Gasteiger partial charge is 0.497 e. The molecule has 0 bridgehead atoms. The smallest absolute Gasteiger partial charge is 0.344 e. The van der Waals surface area contributed by atoms with Crippen LogP contribution in [0.25, 0.3) is 0 Å². The van der Waals surface area contributed by atoms with E-state index in [9.17, 15) is 14.7 Å². The van der Waals surface area contributed by atoms with Crippen molar-refractivity contribution in [3.8, 4) is 17.2 Å². The fourth-order valence-electron chi connectivity index (χ4n) is 5.04. The molecule has 1 heterocycles. The summed E-state index contributed by atoms with van der Waals surface area (Å²) in [5.74, 6) is -0.872. The number of hydrogen-bond acceptors (Lipinski definition) is 11. The lowest BCUT2D eigenvalue weighted by atomic mass is 10.0. The van der Waals surface area contributed by atoms with Crippen LogP contribution in [0, 0.1) is 0 Å². The Labute approximate surface area is 291 Å². The van der Waals surface area contributed by atoms with Crippen LogP contribution in [0.2, 0.25) is 25.7 Å². The maximum absolute atomic E-state index is 13.7. The standard InChI is InChI=1S/C36H53NO11Si/c1-24(38)11-10-12-29(45-22-25-13-15-26(42-5)16-14-25)34-31(47-36(2,3)48-34)21-32(39)37-28-19-27(43-6)20-30(46-23-41-4)33(28)35(40)44-17-18-49(7,8)9/h10,12-16,19-20,24,29,31,34,38H,11,17-18,21-23H2,1-9H3,(H,37,39)/b12-10-/t24-,29?,31+,34-/m1/s1. The van der Waals surface area contributed by atoms with Crippen LogP contribution in [-0.4, -0.2) is 90.0 Å². The van der Waals surface area contributed by atoms with Crippen molar-refractivity contribution in [1.29, 1.82) is 0 Å². The lowest BCUT2D eigenvalue weighted by molar-refractivity contribution is -0.157. The first-order valence-electron chi connectivity index (χ1n) is 16.4. The molecule has 49 heavy (non-hydrogen) atoms. The Kier molecular flexibility index (Phi) is 15.1. The first-order valence-corrected chi connectivity index (χ1v) is 20.1. The van der Waals surface area contributed by atoms with Gasteiger partial charge in [0.05, 0.1) is 51.7 Å². The van der Waals surface area contributed by atoms with Crippen molar-refractivity contribution in [2.45, 2.75) is 96.1 Å². The third kappa shape index (κ3) is 13.1. The summed E-state index contributed by atoms with van der Waals surface area (Å²) in [6, 6.07) is 11.4. The van der Waals surface area contributed by atoms with Crippen molar-refractivity contribution < 1.29 is 52.6 Å². The predicted octanol–water partition coefficient (Wildman–Crippen LogP) is 5.94. The van der Waals surface area contributed by atoms with Crippen LogP contribution in [0.1, 0.15) is 49.5 Å². The number of benzene rings is 2. The number of anilines is 1. The first kappa shape index (κ1) is 40.0. The summed E-state index contributed by atoms with van der Waals surface area (Å²) in [5.41, 5.74) is 1.12. The normalized spacial score (nSPS) is 18.6. The summed E-state index contributed by atoms with van der Waals surface area (Å²) in [7, 11) is 3.06. The highest BCUT2D eigenvalue weighted by Gasteiger charge is 2.46. The number of methoxy groups -OCH3 is 3. The van der Waals surface area contributed by atoms with Crippen molar-refractivity contribution in [2.75, 3.05) is 40.0 Å². The van der Waals surface area contributed by atoms with Gasteiger partial charge in [0.1, 0.15) is 35.0 Å². The zero-order valence-corrected chi connectivity index (χ0v) is 31.2. The van der Waals surface area contributed by atoms with Crippen LogP contribution in [0.3, 0.4) is 0 Å². The first-order chi connectivity index (χ1) is 23.1. The molecule has 3 rings (SSSR count). The minimum absolute atomic E-state index is 0.0454. The van der Waals surface area contributed by atoms with Gasteiger partial charge in [-0.15, -0.1) is 0 Å². The molecular weight excluding hydrogens is 650 g/mol. The Hall–Kier alpha value is -3.46. The molecule has 0 aromatic heterocycles. The Bertz CT molecular complexity index is 1390. The number of carbonyl (C=O) groups is 2. The van der Waals surface area contributed by atoms with E-state index in [4.69, 9.17) is 37.9 Å². The zero-order valence-electron chi connectivity index (χ0n) is 30.2. The van der Waals surface area contributed by atoms with Gasteiger partial charge in [0.15, 0.2) is 12.6 Å². The van der Waals surface area contributed by atoms with Crippen molar-refractivity contribution >= 4 is 25.6 Å². The predicted molar refractivity (Wildman–Crippen MR) is 188 cm³/mol. The molecule has 0 saturated carbocycles. The van der Waals surface area contributed by atoms with Crippen molar-refractivity contribution in [1.82, 2.24) is 0 Å². The van der Waals surface area contributed by atoms with Crippen LogP contribution in [-0.2, 0) is 35.1 Å². The molecule has 2 aromatic carbocycles. The van der Waals surface area contributed by atoms with E-state index in [1.54, 1.807) is 40.0 Å². The van der Waals surface area contributed by atoms with Gasteiger partial charge in [-0.2, -0.15) is 0 Å². The molecule has 1 fully saturated rings. The average molecular weight is 704 g/mol. The molecule has 1 unspecified atom stereocenters. The van der Waals surface area contributed by atoms with E-state index in [-0.39, 0.29) is 43.4 Å². The molecular formula is C36H53NO11Si. The van der Waals surface area contributed by atoms with E-state index in [2.05, 4.69) is 25.0 Å². The molecule has 0 radical (unpaired) electrons. The number of amides is 1. The molecule has 2 N–H and O–H groups in total. The van der Waals surface area contributed by atoms with Gasteiger partial charge in [-0.1, -0.05) is 43.9 Å². The molecule has 4 atom stereocenters. The highest BCUT2D eigenvalue weighted by atomic mass is 28.3. The number of aliphatic hydroxyl groups excluding tert-OH is 1. The quantitative estimate of drug-likeness (QED) is 0.0777. The number of hydrogen-bond donors (Lipinski definition) is 2. The second-order valence-electron chi connectivity index (χ2n) is 13.6. The van der Waals surface area contributed by atoms with Crippen LogP contribution < -0.4 is 19.5 Å². The maximum atomic E-state index is 13.7. The highest BCUT2D eigenvalue weighted by Crippen LogP contribution is 2.36. The summed E-state index contributed by atoms with van der Waals surface area (Å²) in [5, 5.41) is 12.7. The Balaban J connectivity index is 1.87. The number of aliphatic hydroxyl groups is 1. The molecule has 272 valence electrons. The fourth-order valence-corrected chi connectivity index (χ4v) is 5.76. The molecule has 2 aromatic rings. The topological polar surface area (TPSA) is 140 Å². The molecule has 1 amide bonds. The summed E-state index contributed by atoms with van der Waals surface area (Å²) in [4.78, 5) is 27.2. The number of ether oxygens (including phenoxy) is 8. The minimum atomic E-state index is -1.48. The third-order valence-electron chi connectivity index (χ3n) is 7.54. The van der Waals surface area contributed by atoms with Gasteiger partial charge < -0.3 is 48.3 Å². The van der Waals surface area contributed by atoms with Gasteiger partial charge in [-0.25, -0.2) is 4.79 Å². The van der Waals surface area contributed by atoms with Gasteiger partial charge in [-0.3, -0.25) is 4.79 Å². The van der Waals surface area contributed by atoms with E-state index in [0.717, 1.165) is 17.4 Å². The van der Waals surface area contributed by atoms with Crippen molar-refractivity contribution in [2.24, 2.45) is 0 Å². The second-order valence-corrected chi connectivity index (χ2v) is 19.2. The lowest BCUT2D eigenvalue weighted by Crippen LogP contribution is -2.38. The summed E-state index contributed by atoms with van der Waals surface area (Å²) >= 11 is 0. The molecule has 12 nitrogen and oxygen atoms in total. The molecule has 0 spiro atoms. The summed E-state index contributed by atoms with van der Waals surface area (Å²) < 4.78 is 46.0. The highest BCUT2D eigenvalue weighted by molar-refractivity contribution is 6.76. The van der Waals surface area contributed by atoms with E-state index < -0.39 is 50.2 Å². The van der Waals surface area contributed by atoms with E-state index in [1.807, 2.05) is 36.4 Å². The summed E-state index contributed by atoms with van der Waals surface area (Å²) in [6.45, 7) is 12.2. The number of carbonyl (C=O) groups excluding carboxylic acids is 2. The number of nitrogens with one attached hydrogen (secondary N) is 1. The van der Waals surface area contributed by atoms with Gasteiger partial charge in [0, 0.05) is 27.3 Å². The van der Waals surface area contributed by atoms with Gasteiger partial charge in [-0.05, 0) is 50.9 Å². The minimum Gasteiger partial charge on any atom is -0.497 e. The average Bonchev–Trinajstić information content (AvgIpc) is 3.33. The SMILES string of the molecule is COCOc1cc(OC)cc(NC(=O)C[C@@H]2OC(C)(C)O[C@@H]2C(/C=C\C[C@@H](C)O)OCc2ccc(OC)cc2)c1C(=O)OCC[Si](C)(C)C. The Morgan fingerprint density at radius 1 is 1.04 bits per heavy atom. The number of esters is 1. The van der Waals surface area contributed by atoms with Crippen LogP contribution in [0.5, 0.6) is 17.2 Å². The lowest BCUT2D eigenvalue weighted by Gasteiger charge is -2.25. The van der Waals surface area contributed by atoms with E-state index in [1.165, 1.54) is 14.2 Å². The number of rotatable bonds is 19. The fraction of sp³-hybridized carbons (Fsp3) is 0.556. The monoisotopic (exact) mass is 703 g/mol. The molecule has 0 aliphatic carbocycles. The Morgan fingerprint density at radius 3 is 2.35 bits per heavy atom. The van der Waals surface area contributed by atoms with E-state index >= 15 is 0 Å². The maximum Gasteiger partial charge on any atom is 0.344 e. The van der Waals surface area contributed by atoms with Crippen molar-refractivity contribution in [3.05, 3.63) is 59.7 Å². The zero-order chi connectivity index (χ0) is 36.2. The van der Waals surface area contributed by atoms with Crippen LogP contribution >= 0.6 is 0 Å². The Morgan fingerprint density at radius 2 is 1.73 bits per heavy atom. The third-order valence-corrected chi connectivity index (χ3v) is 9.25. The van der Waals surface area contributed by atoms with Crippen LogP contribution in [0.4, 0.5) is 5.69 Å². The van der Waals surface area contributed by atoms with Gasteiger partial charge in [0.25, 0.3) is 0 Å². The molecule has 1 saturated heterocycles. The summed E-state index contributed by atoms with van der Waals surface area (Å²) in [6.07, 6.45) is 1.35. The van der Waals surface area contributed by atoms with Crippen molar-refractivity contribution in [3.63, 3.8) is 0 Å². The second kappa shape index (κ2) is 18.5. The molecule has 13 heteroatoms. The van der Waals surface area contributed by atoms with Gasteiger partial charge in [0.2, 0.25) is 5.91 Å². The van der Waals surface area contributed by atoms with Crippen LogP contribution in [0.15, 0.2) is 48.6 Å².